The lowest BCUT2D eigenvalue weighted by Crippen LogP contribution is -2.34. The average Bonchev–Trinajstić information content (AvgIpc) is 2.72. The molecule has 0 fully saturated rings. The Kier molecular flexibility index (Phi) is 7.60. The minimum Gasteiger partial charge on any atom is -0.492 e. The number of amides is 1. The number of carbonyl (C=O) groups is 1. The Morgan fingerprint density at radius 1 is 1.03 bits per heavy atom. The van der Waals surface area contributed by atoms with E-state index in [0.29, 0.717) is 17.9 Å². The highest BCUT2D eigenvalue weighted by Gasteiger charge is 2.15. The molecule has 0 atom stereocenters. The van der Waals surface area contributed by atoms with Crippen molar-refractivity contribution < 1.29 is 9.53 Å². The normalized spacial score (nSPS) is 10.4. The van der Waals surface area contributed by atoms with E-state index >= 15 is 0 Å². The van der Waals surface area contributed by atoms with Crippen molar-refractivity contribution in [3.8, 4) is 5.75 Å². The van der Waals surface area contributed by atoms with Gasteiger partial charge < -0.3 is 10.1 Å². The van der Waals surface area contributed by atoms with Crippen LogP contribution in [0.1, 0.15) is 27.0 Å². The van der Waals surface area contributed by atoms with E-state index in [0.717, 1.165) is 27.7 Å². The Hall–Kier alpha value is -2.70. The van der Waals surface area contributed by atoms with Gasteiger partial charge in [-0.25, -0.2) is 0 Å². The molecule has 1 amide bonds. The van der Waals surface area contributed by atoms with Gasteiger partial charge in [0.15, 0.2) is 5.11 Å². The van der Waals surface area contributed by atoms with Crippen LogP contribution in [0.2, 0.25) is 0 Å². The van der Waals surface area contributed by atoms with E-state index in [2.05, 4.69) is 38.7 Å². The predicted octanol–water partition coefficient (Wildman–Crippen LogP) is 5.81. The van der Waals surface area contributed by atoms with Crippen molar-refractivity contribution in [3.63, 3.8) is 0 Å². The molecule has 0 aliphatic rings. The Balaban J connectivity index is 1.66. The second-order valence-electron chi connectivity index (χ2n) is 6.95. The molecule has 3 aromatic rings. The first-order valence-corrected chi connectivity index (χ1v) is 10.8. The SMILES string of the molecule is Cc1ccc(C)c(NC(=S)NC(=O)c2cc(Br)ccc2OCCc2ccccc2)c1. The number of thiocarbonyl (C=S) groups is 1. The van der Waals surface area contributed by atoms with Crippen LogP contribution < -0.4 is 15.4 Å². The molecule has 4 nitrogen and oxygen atoms in total. The molecule has 0 saturated carbocycles. The maximum Gasteiger partial charge on any atom is 0.261 e. The molecule has 0 saturated heterocycles. The third-order valence-electron chi connectivity index (χ3n) is 4.55. The summed E-state index contributed by atoms with van der Waals surface area (Å²) in [5, 5.41) is 6.08. The Labute approximate surface area is 190 Å². The first-order valence-electron chi connectivity index (χ1n) is 9.58. The van der Waals surface area contributed by atoms with Gasteiger partial charge in [0.05, 0.1) is 12.2 Å². The minimum atomic E-state index is -0.325. The highest BCUT2D eigenvalue weighted by atomic mass is 79.9. The summed E-state index contributed by atoms with van der Waals surface area (Å²) in [4.78, 5) is 12.9. The van der Waals surface area contributed by atoms with Gasteiger partial charge in [0.25, 0.3) is 5.91 Å². The van der Waals surface area contributed by atoms with Gasteiger partial charge in [0.2, 0.25) is 0 Å². The van der Waals surface area contributed by atoms with E-state index in [-0.39, 0.29) is 11.0 Å². The topological polar surface area (TPSA) is 50.4 Å². The number of ether oxygens (including phenoxy) is 1. The van der Waals surface area contributed by atoms with Gasteiger partial charge in [0.1, 0.15) is 5.75 Å². The van der Waals surface area contributed by atoms with Crippen LogP contribution in [0.5, 0.6) is 5.75 Å². The van der Waals surface area contributed by atoms with E-state index in [1.54, 1.807) is 12.1 Å². The van der Waals surface area contributed by atoms with Gasteiger partial charge in [-0.1, -0.05) is 58.4 Å². The molecule has 0 unspecified atom stereocenters. The highest BCUT2D eigenvalue weighted by Crippen LogP contribution is 2.24. The van der Waals surface area contributed by atoms with Crippen LogP contribution >= 0.6 is 28.1 Å². The lowest BCUT2D eigenvalue weighted by Gasteiger charge is -2.15. The van der Waals surface area contributed by atoms with Crippen molar-refractivity contribution in [2.75, 3.05) is 11.9 Å². The quantitative estimate of drug-likeness (QED) is 0.435. The number of rotatable bonds is 6. The number of halogens is 1. The number of nitrogens with one attached hydrogen (secondary N) is 2. The van der Waals surface area contributed by atoms with Crippen molar-refractivity contribution in [2.45, 2.75) is 20.3 Å². The largest absolute Gasteiger partial charge is 0.492 e. The number of hydrogen-bond donors (Lipinski definition) is 2. The van der Waals surface area contributed by atoms with Crippen LogP contribution in [0.15, 0.2) is 71.2 Å². The van der Waals surface area contributed by atoms with E-state index < -0.39 is 0 Å². The van der Waals surface area contributed by atoms with Gasteiger partial charge in [-0.05, 0) is 67.0 Å². The summed E-state index contributed by atoms with van der Waals surface area (Å²) >= 11 is 8.77. The molecule has 0 aliphatic heterocycles. The van der Waals surface area contributed by atoms with Crippen LogP contribution in [0.4, 0.5) is 5.69 Å². The Bertz CT molecular complexity index is 1050. The molecule has 2 N–H and O–H groups in total. The third kappa shape index (κ3) is 6.15. The van der Waals surface area contributed by atoms with Gasteiger partial charge in [-0.2, -0.15) is 0 Å². The molecule has 154 valence electrons. The standard InChI is InChI=1S/C24H23BrN2O2S/c1-16-8-9-17(2)21(14-16)26-24(30)27-23(28)20-15-19(25)10-11-22(20)29-13-12-18-6-4-3-5-7-18/h3-11,14-15H,12-13H2,1-2H3,(H2,26,27,28,30). The first kappa shape index (κ1) is 22.0. The second-order valence-corrected chi connectivity index (χ2v) is 8.28. The van der Waals surface area contributed by atoms with Crippen LogP contribution in [-0.4, -0.2) is 17.6 Å². The molecular weight excluding hydrogens is 460 g/mol. The predicted molar refractivity (Wildman–Crippen MR) is 129 cm³/mol. The fourth-order valence-corrected chi connectivity index (χ4v) is 3.49. The number of carbonyl (C=O) groups excluding carboxylic acids is 1. The van der Waals surface area contributed by atoms with Gasteiger partial charge in [0, 0.05) is 16.6 Å². The van der Waals surface area contributed by atoms with Crippen molar-refractivity contribution >= 4 is 44.9 Å². The molecule has 0 spiro atoms. The van der Waals surface area contributed by atoms with Gasteiger partial charge in [-0.3, -0.25) is 10.1 Å². The number of benzene rings is 3. The lowest BCUT2D eigenvalue weighted by atomic mass is 10.1. The van der Waals surface area contributed by atoms with Crippen molar-refractivity contribution in [2.24, 2.45) is 0 Å². The summed E-state index contributed by atoms with van der Waals surface area (Å²) in [5.41, 5.74) is 4.62. The van der Waals surface area contributed by atoms with Crippen LogP contribution in [0.25, 0.3) is 0 Å². The molecular formula is C24H23BrN2O2S. The summed E-state index contributed by atoms with van der Waals surface area (Å²) in [6.45, 7) is 4.46. The Morgan fingerprint density at radius 3 is 2.57 bits per heavy atom. The summed E-state index contributed by atoms with van der Waals surface area (Å²) in [6, 6.07) is 21.5. The fourth-order valence-electron chi connectivity index (χ4n) is 2.92. The summed E-state index contributed by atoms with van der Waals surface area (Å²) in [5.74, 6) is 0.190. The fraction of sp³-hybridized carbons (Fsp3) is 0.167. The molecule has 6 heteroatoms. The molecule has 30 heavy (non-hydrogen) atoms. The van der Waals surface area contributed by atoms with Crippen molar-refractivity contribution in [1.29, 1.82) is 0 Å². The van der Waals surface area contributed by atoms with E-state index in [9.17, 15) is 4.79 Å². The van der Waals surface area contributed by atoms with Crippen molar-refractivity contribution in [3.05, 3.63) is 93.5 Å². The molecule has 0 heterocycles. The number of aryl methyl sites for hydroxylation is 2. The summed E-state index contributed by atoms with van der Waals surface area (Å²) in [6.07, 6.45) is 0.755. The van der Waals surface area contributed by atoms with E-state index in [1.807, 2.05) is 56.3 Å². The molecule has 3 aromatic carbocycles. The molecule has 3 rings (SSSR count). The third-order valence-corrected chi connectivity index (χ3v) is 5.24. The maximum atomic E-state index is 12.9. The molecule has 0 bridgehead atoms. The van der Waals surface area contributed by atoms with Crippen LogP contribution in [0, 0.1) is 13.8 Å². The van der Waals surface area contributed by atoms with E-state index in [4.69, 9.17) is 17.0 Å². The monoisotopic (exact) mass is 482 g/mol. The van der Waals surface area contributed by atoms with Crippen LogP contribution in [0.3, 0.4) is 0 Å². The average molecular weight is 483 g/mol. The molecule has 0 aromatic heterocycles. The summed E-state index contributed by atoms with van der Waals surface area (Å²) in [7, 11) is 0. The van der Waals surface area contributed by atoms with Crippen molar-refractivity contribution in [1.82, 2.24) is 5.32 Å². The summed E-state index contributed by atoms with van der Waals surface area (Å²) < 4.78 is 6.69. The van der Waals surface area contributed by atoms with Gasteiger partial charge >= 0.3 is 0 Å². The first-order chi connectivity index (χ1) is 14.4. The molecule has 0 radical (unpaired) electrons. The smallest absolute Gasteiger partial charge is 0.261 e. The highest BCUT2D eigenvalue weighted by molar-refractivity contribution is 9.10. The maximum absolute atomic E-state index is 12.9. The zero-order chi connectivity index (χ0) is 21.5. The zero-order valence-corrected chi connectivity index (χ0v) is 19.3. The van der Waals surface area contributed by atoms with E-state index in [1.165, 1.54) is 5.56 Å². The minimum absolute atomic E-state index is 0.240. The number of anilines is 1. The Morgan fingerprint density at radius 2 is 1.80 bits per heavy atom. The van der Waals surface area contributed by atoms with Crippen LogP contribution in [-0.2, 0) is 6.42 Å². The molecule has 0 aliphatic carbocycles. The lowest BCUT2D eigenvalue weighted by molar-refractivity contribution is 0.0973. The second kappa shape index (κ2) is 10.4. The number of hydrogen-bond acceptors (Lipinski definition) is 3. The zero-order valence-electron chi connectivity index (χ0n) is 16.9. The van der Waals surface area contributed by atoms with Gasteiger partial charge in [-0.15, -0.1) is 0 Å².